The topological polar surface area (TPSA) is 38.3 Å². The maximum Gasteiger partial charge on any atom is 0.227 e. The van der Waals surface area contributed by atoms with E-state index in [0.717, 1.165) is 0 Å². The number of carbonyl (C=O) groups is 1. The minimum absolute atomic E-state index is 0.140. The van der Waals surface area contributed by atoms with Crippen LogP contribution >= 0.6 is 23.2 Å². The molecule has 3 nitrogen and oxygen atoms in total. The number of anilines is 1. The molecule has 0 aliphatic carbocycles. The molecule has 0 spiro atoms. The van der Waals surface area contributed by atoms with Crippen molar-refractivity contribution in [2.75, 3.05) is 11.9 Å². The Morgan fingerprint density at radius 1 is 1.10 bits per heavy atom. The van der Waals surface area contributed by atoms with E-state index >= 15 is 0 Å². The Morgan fingerprint density at radius 3 is 2.65 bits per heavy atom. The summed E-state index contributed by atoms with van der Waals surface area (Å²) in [6.45, 7) is 0.260. The third-order valence-corrected chi connectivity index (χ3v) is 3.08. The van der Waals surface area contributed by atoms with Gasteiger partial charge in [0.1, 0.15) is 5.75 Å². The maximum atomic E-state index is 11.7. The SMILES string of the molecule is O=C(CCOc1ccccc1Cl)Nc1cccc(Cl)c1. The number of ether oxygens (including phenoxy) is 1. The Bertz CT molecular complexity index is 602. The lowest BCUT2D eigenvalue weighted by Crippen LogP contribution is -2.15. The third kappa shape index (κ3) is 4.44. The van der Waals surface area contributed by atoms with E-state index in [1.165, 1.54) is 0 Å². The first-order valence-corrected chi connectivity index (χ1v) is 6.83. The average molecular weight is 310 g/mol. The highest BCUT2D eigenvalue weighted by molar-refractivity contribution is 6.32. The van der Waals surface area contributed by atoms with E-state index in [1.807, 2.05) is 12.1 Å². The molecule has 20 heavy (non-hydrogen) atoms. The van der Waals surface area contributed by atoms with Crippen molar-refractivity contribution in [3.8, 4) is 5.75 Å². The molecule has 0 aliphatic heterocycles. The van der Waals surface area contributed by atoms with Gasteiger partial charge >= 0.3 is 0 Å². The number of hydrogen-bond donors (Lipinski definition) is 1. The molecule has 2 rings (SSSR count). The number of hydrogen-bond acceptors (Lipinski definition) is 2. The summed E-state index contributed by atoms with van der Waals surface area (Å²) in [6.07, 6.45) is 0.234. The molecule has 0 heterocycles. The van der Waals surface area contributed by atoms with E-state index in [4.69, 9.17) is 27.9 Å². The normalized spacial score (nSPS) is 10.1. The summed E-state index contributed by atoms with van der Waals surface area (Å²) < 4.78 is 5.45. The Hall–Kier alpha value is -1.71. The molecule has 0 aliphatic rings. The predicted octanol–water partition coefficient (Wildman–Crippen LogP) is 4.40. The third-order valence-electron chi connectivity index (χ3n) is 2.53. The van der Waals surface area contributed by atoms with Crippen LogP contribution in [0.2, 0.25) is 10.0 Å². The summed E-state index contributed by atoms with van der Waals surface area (Å²) >= 11 is 11.8. The molecule has 0 bridgehead atoms. The molecule has 2 aromatic carbocycles. The van der Waals surface area contributed by atoms with Crippen molar-refractivity contribution in [2.24, 2.45) is 0 Å². The zero-order chi connectivity index (χ0) is 14.4. The van der Waals surface area contributed by atoms with Gasteiger partial charge < -0.3 is 10.1 Å². The number of benzene rings is 2. The van der Waals surface area contributed by atoms with Gasteiger partial charge in [-0.05, 0) is 30.3 Å². The van der Waals surface area contributed by atoms with Crippen LogP contribution in [0.15, 0.2) is 48.5 Å². The van der Waals surface area contributed by atoms with Gasteiger partial charge in [-0.3, -0.25) is 4.79 Å². The van der Waals surface area contributed by atoms with Gasteiger partial charge in [-0.15, -0.1) is 0 Å². The minimum Gasteiger partial charge on any atom is -0.491 e. The lowest BCUT2D eigenvalue weighted by Gasteiger charge is -2.08. The van der Waals surface area contributed by atoms with Crippen molar-refractivity contribution >= 4 is 34.8 Å². The number of para-hydroxylation sites is 1. The molecular weight excluding hydrogens is 297 g/mol. The lowest BCUT2D eigenvalue weighted by molar-refractivity contribution is -0.116. The van der Waals surface area contributed by atoms with E-state index in [1.54, 1.807) is 36.4 Å². The molecule has 0 fully saturated rings. The molecule has 104 valence electrons. The van der Waals surface area contributed by atoms with Crippen LogP contribution in [0.4, 0.5) is 5.69 Å². The summed E-state index contributed by atoms with van der Waals surface area (Å²) in [5.41, 5.74) is 0.667. The zero-order valence-electron chi connectivity index (χ0n) is 10.6. The molecule has 0 saturated carbocycles. The summed E-state index contributed by atoms with van der Waals surface area (Å²) in [6, 6.07) is 14.1. The van der Waals surface area contributed by atoms with E-state index in [0.29, 0.717) is 21.5 Å². The lowest BCUT2D eigenvalue weighted by atomic mass is 10.3. The number of halogens is 2. The van der Waals surface area contributed by atoms with Crippen LogP contribution in [0, 0.1) is 0 Å². The molecular formula is C15H13Cl2NO2. The van der Waals surface area contributed by atoms with E-state index in [9.17, 15) is 4.79 Å². The van der Waals surface area contributed by atoms with Gasteiger partial charge in [-0.1, -0.05) is 41.4 Å². The molecule has 0 atom stereocenters. The van der Waals surface area contributed by atoms with Crippen molar-refractivity contribution in [1.82, 2.24) is 0 Å². The summed E-state index contributed by atoms with van der Waals surface area (Å²) in [5, 5.41) is 3.86. The smallest absolute Gasteiger partial charge is 0.227 e. The molecule has 0 aromatic heterocycles. The average Bonchev–Trinajstić information content (AvgIpc) is 2.41. The van der Waals surface area contributed by atoms with Gasteiger partial charge in [0.25, 0.3) is 0 Å². The monoisotopic (exact) mass is 309 g/mol. The van der Waals surface area contributed by atoms with Crippen LogP contribution in [0.5, 0.6) is 5.75 Å². The standard InChI is InChI=1S/C15H13Cl2NO2/c16-11-4-3-5-12(10-11)18-15(19)8-9-20-14-7-2-1-6-13(14)17/h1-7,10H,8-9H2,(H,18,19). The molecule has 0 saturated heterocycles. The first kappa shape index (κ1) is 14.7. The molecule has 1 N–H and O–H groups in total. The first-order chi connectivity index (χ1) is 9.65. The first-order valence-electron chi connectivity index (χ1n) is 6.08. The van der Waals surface area contributed by atoms with Crippen molar-refractivity contribution in [3.05, 3.63) is 58.6 Å². The van der Waals surface area contributed by atoms with Crippen molar-refractivity contribution < 1.29 is 9.53 Å². The summed E-state index contributed by atoms with van der Waals surface area (Å²) in [4.78, 5) is 11.7. The molecule has 2 aromatic rings. The Morgan fingerprint density at radius 2 is 1.90 bits per heavy atom. The predicted molar refractivity (Wildman–Crippen MR) is 81.6 cm³/mol. The van der Waals surface area contributed by atoms with E-state index in [-0.39, 0.29) is 18.9 Å². The van der Waals surface area contributed by atoms with Crippen molar-refractivity contribution in [3.63, 3.8) is 0 Å². The fourth-order valence-corrected chi connectivity index (χ4v) is 1.99. The molecule has 1 amide bonds. The Balaban J connectivity index is 1.80. The van der Waals surface area contributed by atoms with Crippen LogP contribution in [0.1, 0.15) is 6.42 Å². The minimum atomic E-state index is -0.140. The highest BCUT2D eigenvalue weighted by atomic mass is 35.5. The van der Waals surface area contributed by atoms with Crippen LogP contribution in [0.3, 0.4) is 0 Å². The fraction of sp³-hybridized carbons (Fsp3) is 0.133. The molecule has 0 unspecified atom stereocenters. The van der Waals surface area contributed by atoms with Gasteiger partial charge in [0.2, 0.25) is 5.91 Å². The van der Waals surface area contributed by atoms with Gasteiger partial charge in [0.05, 0.1) is 18.1 Å². The van der Waals surface area contributed by atoms with Gasteiger partial charge in [0.15, 0.2) is 0 Å². The van der Waals surface area contributed by atoms with Gasteiger partial charge in [-0.2, -0.15) is 0 Å². The van der Waals surface area contributed by atoms with Crippen molar-refractivity contribution in [2.45, 2.75) is 6.42 Å². The Labute approximate surface area is 127 Å². The molecule has 5 heteroatoms. The zero-order valence-corrected chi connectivity index (χ0v) is 12.1. The van der Waals surface area contributed by atoms with Crippen LogP contribution in [-0.4, -0.2) is 12.5 Å². The number of amides is 1. The largest absolute Gasteiger partial charge is 0.491 e. The highest BCUT2D eigenvalue weighted by Crippen LogP contribution is 2.23. The van der Waals surface area contributed by atoms with Crippen LogP contribution in [0.25, 0.3) is 0 Å². The number of nitrogens with one attached hydrogen (secondary N) is 1. The molecule has 0 radical (unpaired) electrons. The van der Waals surface area contributed by atoms with E-state index < -0.39 is 0 Å². The second kappa shape index (κ2) is 7.17. The van der Waals surface area contributed by atoms with Gasteiger partial charge in [-0.25, -0.2) is 0 Å². The van der Waals surface area contributed by atoms with Gasteiger partial charge in [0, 0.05) is 10.7 Å². The quantitative estimate of drug-likeness (QED) is 0.889. The Kier molecular flexibility index (Phi) is 5.27. The highest BCUT2D eigenvalue weighted by Gasteiger charge is 2.05. The maximum absolute atomic E-state index is 11.7. The summed E-state index contributed by atoms with van der Waals surface area (Å²) in [7, 11) is 0. The van der Waals surface area contributed by atoms with Crippen molar-refractivity contribution in [1.29, 1.82) is 0 Å². The number of carbonyl (C=O) groups excluding carboxylic acids is 1. The van der Waals surface area contributed by atoms with Crippen LogP contribution in [-0.2, 0) is 4.79 Å². The second-order valence-corrected chi connectivity index (χ2v) is 4.93. The number of rotatable bonds is 5. The summed E-state index contributed by atoms with van der Waals surface area (Å²) in [5.74, 6) is 0.434. The second-order valence-electron chi connectivity index (χ2n) is 4.09. The van der Waals surface area contributed by atoms with Crippen LogP contribution < -0.4 is 10.1 Å². The fourth-order valence-electron chi connectivity index (χ4n) is 1.61. The van der Waals surface area contributed by atoms with E-state index in [2.05, 4.69) is 5.32 Å².